The summed E-state index contributed by atoms with van der Waals surface area (Å²) in [7, 11) is 0. The third-order valence-corrected chi connectivity index (χ3v) is 4.59. The van der Waals surface area contributed by atoms with Gasteiger partial charge < -0.3 is 25.5 Å². The van der Waals surface area contributed by atoms with E-state index in [2.05, 4.69) is 0 Å². The monoisotopic (exact) mass is 260 g/mol. The summed E-state index contributed by atoms with van der Waals surface area (Å²) < 4.78 is 0. The molecule has 5 N–H and O–H groups in total. The lowest BCUT2D eigenvalue weighted by Crippen LogP contribution is -2.47. The van der Waals surface area contributed by atoms with Crippen LogP contribution >= 0.6 is 0 Å². The minimum absolute atomic E-state index is 0.0710. The second kappa shape index (κ2) is 5.84. The Balaban J connectivity index is 1.89. The van der Waals surface area contributed by atoms with Crippen LogP contribution in [0.2, 0.25) is 0 Å². The van der Waals surface area contributed by atoms with Gasteiger partial charge in [-0.3, -0.25) is 0 Å². The van der Waals surface area contributed by atoms with Gasteiger partial charge in [0.05, 0.1) is 24.4 Å². The largest absolute Gasteiger partial charge is 0.393 e. The summed E-state index contributed by atoms with van der Waals surface area (Å²) in [5.74, 6) is 0.00813. The van der Waals surface area contributed by atoms with Gasteiger partial charge in [-0.25, -0.2) is 0 Å². The first kappa shape index (κ1) is 14.2. The Morgan fingerprint density at radius 3 is 2.00 bits per heavy atom. The predicted octanol–water partition coefficient (Wildman–Crippen LogP) is -0.609. The van der Waals surface area contributed by atoms with Crippen LogP contribution in [0.25, 0.3) is 0 Å². The first-order chi connectivity index (χ1) is 8.49. The van der Waals surface area contributed by atoms with E-state index in [1.54, 1.807) is 0 Å². The molecule has 0 bridgehead atoms. The lowest BCUT2D eigenvalue weighted by molar-refractivity contribution is -0.118. The minimum Gasteiger partial charge on any atom is -0.393 e. The fourth-order valence-electron chi connectivity index (χ4n) is 3.34. The van der Waals surface area contributed by atoms with Gasteiger partial charge in [-0.05, 0) is 50.4 Å². The Hall–Kier alpha value is -0.200. The van der Waals surface area contributed by atoms with Crippen molar-refractivity contribution in [1.82, 2.24) is 0 Å². The molecule has 2 saturated carbocycles. The minimum atomic E-state index is -1.07. The fourth-order valence-corrected chi connectivity index (χ4v) is 3.34. The summed E-state index contributed by atoms with van der Waals surface area (Å²) in [6.07, 6.45) is -0.0983. The van der Waals surface area contributed by atoms with Crippen molar-refractivity contribution in [3.05, 3.63) is 0 Å². The highest BCUT2D eigenvalue weighted by molar-refractivity contribution is 4.90. The van der Waals surface area contributed by atoms with Crippen molar-refractivity contribution in [2.45, 2.75) is 69.0 Å². The predicted molar refractivity (Wildman–Crippen MR) is 64.7 cm³/mol. The van der Waals surface area contributed by atoms with E-state index in [9.17, 15) is 25.5 Å². The van der Waals surface area contributed by atoms with Gasteiger partial charge in [0, 0.05) is 0 Å². The molecule has 0 aromatic carbocycles. The number of rotatable bonds is 2. The standard InChI is InChI=1S/C13H24O5/c14-9-3-1-7(11(16)6-9)5-8-2-4-10(15)13(18)12(8)17/h7-18H,1-6H2. The summed E-state index contributed by atoms with van der Waals surface area (Å²) in [5, 5.41) is 48.4. The van der Waals surface area contributed by atoms with Crippen LogP contribution in [-0.2, 0) is 0 Å². The van der Waals surface area contributed by atoms with Crippen molar-refractivity contribution in [1.29, 1.82) is 0 Å². The lowest BCUT2D eigenvalue weighted by atomic mass is 9.73. The molecule has 2 aliphatic carbocycles. The molecule has 5 heteroatoms. The van der Waals surface area contributed by atoms with Crippen molar-refractivity contribution < 1.29 is 25.5 Å². The van der Waals surface area contributed by atoms with Crippen LogP contribution in [0.4, 0.5) is 0 Å². The summed E-state index contributed by atoms with van der Waals surface area (Å²) in [6, 6.07) is 0. The van der Waals surface area contributed by atoms with Gasteiger partial charge >= 0.3 is 0 Å². The molecule has 2 aliphatic rings. The highest BCUT2D eigenvalue weighted by Gasteiger charge is 2.39. The molecule has 0 aromatic heterocycles. The molecule has 0 heterocycles. The molecule has 0 aliphatic heterocycles. The molecule has 2 fully saturated rings. The van der Waals surface area contributed by atoms with Gasteiger partial charge in [-0.15, -0.1) is 0 Å². The molecule has 0 amide bonds. The molecule has 2 rings (SSSR count). The normalized spacial score (nSPS) is 50.2. The number of hydrogen-bond acceptors (Lipinski definition) is 5. The van der Waals surface area contributed by atoms with Crippen LogP contribution in [0.3, 0.4) is 0 Å². The van der Waals surface area contributed by atoms with Gasteiger partial charge in [-0.2, -0.15) is 0 Å². The average molecular weight is 260 g/mol. The van der Waals surface area contributed by atoms with Crippen molar-refractivity contribution in [2.75, 3.05) is 0 Å². The molecule has 5 nitrogen and oxygen atoms in total. The van der Waals surface area contributed by atoms with Crippen LogP contribution in [0.15, 0.2) is 0 Å². The molecule has 106 valence electrons. The molecular formula is C13H24O5. The smallest absolute Gasteiger partial charge is 0.106 e. The van der Waals surface area contributed by atoms with E-state index in [-0.39, 0.29) is 11.8 Å². The quantitative estimate of drug-likeness (QED) is 0.456. The van der Waals surface area contributed by atoms with Gasteiger partial charge in [0.1, 0.15) is 6.10 Å². The fraction of sp³-hybridized carbons (Fsp3) is 1.00. The summed E-state index contributed by atoms with van der Waals surface area (Å²) in [4.78, 5) is 0. The Morgan fingerprint density at radius 1 is 0.667 bits per heavy atom. The Morgan fingerprint density at radius 2 is 1.33 bits per heavy atom. The molecule has 18 heavy (non-hydrogen) atoms. The Labute approximate surface area is 107 Å². The van der Waals surface area contributed by atoms with Crippen LogP contribution in [-0.4, -0.2) is 56.1 Å². The average Bonchev–Trinajstić information content (AvgIpc) is 2.33. The number of aliphatic hydroxyl groups is 5. The highest BCUT2D eigenvalue weighted by atomic mass is 16.4. The van der Waals surface area contributed by atoms with Crippen LogP contribution in [0.5, 0.6) is 0 Å². The third-order valence-electron chi connectivity index (χ3n) is 4.59. The molecule has 0 radical (unpaired) electrons. The van der Waals surface area contributed by atoms with E-state index in [1.807, 2.05) is 0 Å². The van der Waals surface area contributed by atoms with E-state index >= 15 is 0 Å². The maximum Gasteiger partial charge on any atom is 0.106 e. The Kier molecular flexibility index (Phi) is 4.61. The third kappa shape index (κ3) is 3.03. The molecule has 0 saturated heterocycles. The molecule has 0 aromatic rings. The van der Waals surface area contributed by atoms with E-state index in [1.165, 1.54) is 0 Å². The summed E-state index contributed by atoms with van der Waals surface area (Å²) in [6.45, 7) is 0. The van der Waals surface area contributed by atoms with Crippen molar-refractivity contribution in [3.63, 3.8) is 0 Å². The highest BCUT2D eigenvalue weighted by Crippen LogP contribution is 2.35. The molecule has 7 unspecified atom stereocenters. The van der Waals surface area contributed by atoms with E-state index < -0.39 is 30.5 Å². The van der Waals surface area contributed by atoms with Crippen LogP contribution < -0.4 is 0 Å². The second-order valence-corrected chi connectivity index (χ2v) is 5.92. The molecule has 7 atom stereocenters. The lowest BCUT2D eigenvalue weighted by Gasteiger charge is -2.39. The van der Waals surface area contributed by atoms with Crippen molar-refractivity contribution >= 4 is 0 Å². The van der Waals surface area contributed by atoms with Gasteiger partial charge in [0.2, 0.25) is 0 Å². The first-order valence-electron chi connectivity index (χ1n) is 6.89. The van der Waals surface area contributed by atoms with E-state index in [0.717, 1.165) is 6.42 Å². The van der Waals surface area contributed by atoms with Crippen LogP contribution in [0, 0.1) is 11.8 Å². The first-order valence-corrected chi connectivity index (χ1v) is 6.89. The SMILES string of the molecule is OC1CCC(CC2CCC(O)C(O)C2O)C(O)C1. The topological polar surface area (TPSA) is 101 Å². The molecular weight excluding hydrogens is 236 g/mol. The maximum absolute atomic E-state index is 9.94. The van der Waals surface area contributed by atoms with Crippen molar-refractivity contribution in [3.8, 4) is 0 Å². The maximum atomic E-state index is 9.94. The van der Waals surface area contributed by atoms with Gasteiger partial charge in [0.25, 0.3) is 0 Å². The zero-order chi connectivity index (χ0) is 13.3. The van der Waals surface area contributed by atoms with E-state index in [4.69, 9.17) is 0 Å². The molecule has 0 spiro atoms. The van der Waals surface area contributed by atoms with Gasteiger partial charge in [0.15, 0.2) is 0 Å². The zero-order valence-electron chi connectivity index (χ0n) is 10.5. The number of hydrogen-bond donors (Lipinski definition) is 5. The van der Waals surface area contributed by atoms with Gasteiger partial charge in [-0.1, -0.05) is 0 Å². The zero-order valence-corrected chi connectivity index (χ0v) is 10.5. The number of aliphatic hydroxyl groups excluding tert-OH is 5. The van der Waals surface area contributed by atoms with Crippen molar-refractivity contribution in [2.24, 2.45) is 11.8 Å². The summed E-state index contributed by atoms with van der Waals surface area (Å²) >= 11 is 0. The van der Waals surface area contributed by atoms with Crippen LogP contribution in [0.1, 0.15) is 38.5 Å². The Bertz CT molecular complexity index is 272. The second-order valence-electron chi connectivity index (χ2n) is 5.92. The van der Waals surface area contributed by atoms with E-state index in [0.29, 0.717) is 32.1 Å². The summed E-state index contributed by atoms with van der Waals surface area (Å²) in [5.41, 5.74) is 0.